The number of nitrogens with zero attached hydrogens (tertiary/aromatic N) is 2. The number of hydrogen-bond donors (Lipinski definition) is 1. The van der Waals surface area contributed by atoms with Gasteiger partial charge in [0.05, 0.1) is 16.6 Å². The second-order valence-corrected chi connectivity index (χ2v) is 6.33. The Hall–Kier alpha value is -1.07. The summed E-state index contributed by atoms with van der Waals surface area (Å²) in [4.78, 5) is 7.47. The highest BCUT2D eigenvalue weighted by molar-refractivity contribution is 7.71. The molecule has 1 aromatic carbocycles. The average Bonchev–Trinajstić information content (AvgIpc) is 2.73. The zero-order chi connectivity index (χ0) is 15.1. The van der Waals surface area contributed by atoms with Crippen molar-refractivity contribution in [1.82, 2.24) is 14.5 Å². The van der Waals surface area contributed by atoms with Crippen LogP contribution in [0.15, 0.2) is 30.5 Å². The van der Waals surface area contributed by atoms with Crippen LogP contribution in [0.2, 0.25) is 15.1 Å². The highest BCUT2D eigenvalue weighted by atomic mass is 35.5. The van der Waals surface area contributed by atoms with Crippen molar-refractivity contribution in [3.8, 4) is 0 Å². The molecule has 1 N–H and O–H groups in total. The van der Waals surface area contributed by atoms with Crippen LogP contribution in [0.5, 0.6) is 0 Å². The number of hydrogen-bond acceptors (Lipinski definition) is 2. The summed E-state index contributed by atoms with van der Waals surface area (Å²) in [6.07, 6.45) is 1.60. The fourth-order valence-corrected chi connectivity index (χ4v) is 3.41. The van der Waals surface area contributed by atoms with Gasteiger partial charge in [0.2, 0.25) is 0 Å². The third-order valence-corrected chi connectivity index (χ3v) is 4.39. The summed E-state index contributed by atoms with van der Waals surface area (Å²) in [6, 6.07) is 7.14. The number of nitrogens with one attached hydrogen (secondary N) is 1. The number of aromatic amines is 1. The molecule has 0 fully saturated rings. The van der Waals surface area contributed by atoms with Gasteiger partial charge in [0.15, 0.2) is 10.4 Å². The third kappa shape index (κ3) is 2.69. The minimum atomic E-state index is -0.0790. The molecule has 3 aromatic rings. The average molecular weight is 359 g/mol. The Balaban J connectivity index is 2.19. The predicted molar refractivity (Wildman–Crippen MR) is 90.2 cm³/mol. The van der Waals surface area contributed by atoms with Crippen LogP contribution in [0.3, 0.4) is 0 Å². The van der Waals surface area contributed by atoms with Gasteiger partial charge in [-0.1, -0.05) is 40.9 Å². The van der Waals surface area contributed by atoms with Gasteiger partial charge in [0.25, 0.3) is 0 Å². The Morgan fingerprint density at radius 1 is 1.19 bits per heavy atom. The van der Waals surface area contributed by atoms with Crippen molar-refractivity contribution < 1.29 is 0 Å². The molecular formula is C14H10Cl3N3S. The second kappa shape index (κ2) is 5.61. The molecule has 0 aliphatic heterocycles. The normalized spacial score (nSPS) is 12.8. The molecule has 0 spiro atoms. The van der Waals surface area contributed by atoms with Crippen molar-refractivity contribution in [1.29, 1.82) is 0 Å². The van der Waals surface area contributed by atoms with Crippen molar-refractivity contribution in [2.75, 3.05) is 0 Å². The molecule has 108 valence electrons. The molecule has 2 aromatic heterocycles. The van der Waals surface area contributed by atoms with Gasteiger partial charge in [-0.25, -0.2) is 4.98 Å². The number of imidazole rings is 1. The van der Waals surface area contributed by atoms with Crippen molar-refractivity contribution in [2.45, 2.75) is 13.0 Å². The first-order valence-corrected chi connectivity index (χ1v) is 7.72. The van der Waals surface area contributed by atoms with E-state index >= 15 is 0 Å². The molecule has 0 radical (unpaired) electrons. The molecule has 0 saturated heterocycles. The van der Waals surface area contributed by atoms with E-state index < -0.39 is 0 Å². The maximum atomic E-state index is 6.29. The lowest BCUT2D eigenvalue weighted by Crippen LogP contribution is -2.08. The zero-order valence-corrected chi connectivity index (χ0v) is 14.0. The van der Waals surface area contributed by atoms with E-state index in [2.05, 4.69) is 9.97 Å². The fraction of sp³-hybridized carbons (Fsp3) is 0.143. The van der Waals surface area contributed by atoms with Crippen LogP contribution in [0, 0.1) is 4.77 Å². The summed E-state index contributed by atoms with van der Waals surface area (Å²) >= 11 is 23.6. The molecule has 1 unspecified atom stereocenters. The first-order chi connectivity index (χ1) is 9.97. The highest BCUT2D eigenvalue weighted by Crippen LogP contribution is 2.30. The molecule has 21 heavy (non-hydrogen) atoms. The van der Waals surface area contributed by atoms with Gasteiger partial charge in [-0.05, 0) is 42.9 Å². The van der Waals surface area contributed by atoms with Crippen molar-refractivity contribution in [3.05, 3.63) is 55.9 Å². The van der Waals surface area contributed by atoms with Crippen LogP contribution in [0.1, 0.15) is 18.5 Å². The van der Waals surface area contributed by atoms with E-state index in [1.54, 1.807) is 18.3 Å². The lowest BCUT2D eigenvalue weighted by Gasteiger charge is -2.16. The van der Waals surface area contributed by atoms with Crippen LogP contribution >= 0.6 is 47.0 Å². The smallest absolute Gasteiger partial charge is 0.179 e. The predicted octanol–water partition coefficient (Wildman–Crippen LogP) is 5.66. The van der Waals surface area contributed by atoms with Gasteiger partial charge in [0, 0.05) is 16.2 Å². The number of benzene rings is 1. The standard InChI is InChI=1S/C14H10Cl3N3S/c1-7(10-3-2-8(15)4-11(10)17)20-13-12(19-14(20)21)5-9(16)6-18-13/h2-7H,1H3,(H,19,21). The van der Waals surface area contributed by atoms with E-state index in [9.17, 15) is 0 Å². The second-order valence-electron chi connectivity index (χ2n) is 4.67. The molecule has 0 amide bonds. The van der Waals surface area contributed by atoms with E-state index in [1.165, 1.54) is 0 Å². The van der Waals surface area contributed by atoms with Gasteiger partial charge < -0.3 is 4.98 Å². The molecular weight excluding hydrogens is 349 g/mol. The van der Waals surface area contributed by atoms with Gasteiger partial charge in [0.1, 0.15) is 0 Å². The molecule has 7 heteroatoms. The summed E-state index contributed by atoms with van der Waals surface area (Å²) in [5.41, 5.74) is 2.46. The molecule has 3 rings (SSSR count). The van der Waals surface area contributed by atoms with E-state index in [1.807, 2.05) is 23.6 Å². The lowest BCUT2D eigenvalue weighted by molar-refractivity contribution is 0.644. The number of rotatable bonds is 2. The van der Waals surface area contributed by atoms with Gasteiger partial charge in [-0.15, -0.1) is 0 Å². The van der Waals surface area contributed by atoms with Crippen LogP contribution in [-0.4, -0.2) is 14.5 Å². The maximum Gasteiger partial charge on any atom is 0.179 e. The van der Waals surface area contributed by atoms with Gasteiger partial charge in [-0.2, -0.15) is 0 Å². The van der Waals surface area contributed by atoms with Crippen molar-refractivity contribution >= 4 is 58.2 Å². The molecule has 0 saturated carbocycles. The SMILES string of the molecule is CC(c1ccc(Cl)cc1Cl)n1c(=S)[nH]c2cc(Cl)cnc21. The Morgan fingerprint density at radius 2 is 1.95 bits per heavy atom. The number of aromatic nitrogens is 3. The van der Waals surface area contributed by atoms with E-state index in [-0.39, 0.29) is 6.04 Å². The number of halogens is 3. The van der Waals surface area contributed by atoms with Crippen LogP contribution < -0.4 is 0 Å². The molecule has 0 aliphatic rings. The zero-order valence-electron chi connectivity index (χ0n) is 10.9. The van der Waals surface area contributed by atoms with Gasteiger partial charge >= 0.3 is 0 Å². The third-order valence-electron chi connectivity index (χ3n) is 3.32. The summed E-state index contributed by atoms with van der Waals surface area (Å²) in [7, 11) is 0. The minimum absolute atomic E-state index is 0.0790. The quantitative estimate of drug-likeness (QED) is 0.599. The molecule has 2 heterocycles. The molecule has 1 atom stereocenters. The Kier molecular flexibility index (Phi) is 3.97. The number of pyridine rings is 1. The summed E-state index contributed by atoms with van der Waals surface area (Å²) in [5.74, 6) is 0. The van der Waals surface area contributed by atoms with Crippen LogP contribution in [-0.2, 0) is 0 Å². The number of H-pyrrole nitrogens is 1. The molecule has 0 aliphatic carbocycles. The summed E-state index contributed by atoms with van der Waals surface area (Å²) in [5, 5.41) is 1.76. The highest BCUT2D eigenvalue weighted by Gasteiger charge is 2.17. The molecule has 3 nitrogen and oxygen atoms in total. The first kappa shape index (κ1) is 14.9. The maximum absolute atomic E-state index is 6.29. The van der Waals surface area contributed by atoms with Crippen LogP contribution in [0.4, 0.5) is 0 Å². The topological polar surface area (TPSA) is 33.6 Å². The fourth-order valence-electron chi connectivity index (χ4n) is 2.33. The summed E-state index contributed by atoms with van der Waals surface area (Å²) < 4.78 is 2.48. The minimum Gasteiger partial charge on any atom is -0.329 e. The van der Waals surface area contributed by atoms with E-state index in [4.69, 9.17) is 47.0 Å². The Bertz CT molecular complexity index is 885. The monoisotopic (exact) mass is 357 g/mol. The largest absolute Gasteiger partial charge is 0.329 e. The van der Waals surface area contributed by atoms with E-state index in [0.29, 0.717) is 19.8 Å². The molecule has 0 bridgehead atoms. The first-order valence-electron chi connectivity index (χ1n) is 6.18. The van der Waals surface area contributed by atoms with Crippen molar-refractivity contribution in [2.24, 2.45) is 0 Å². The lowest BCUT2D eigenvalue weighted by atomic mass is 10.1. The van der Waals surface area contributed by atoms with Crippen LogP contribution in [0.25, 0.3) is 11.2 Å². The Labute approximate surface area is 141 Å². The number of fused-ring (bicyclic) bond motifs is 1. The Morgan fingerprint density at radius 3 is 2.67 bits per heavy atom. The van der Waals surface area contributed by atoms with Crippen molar-refractivity contribution in [3.63, 3.8) is 0 Å². The van der Waals surface area contributed by atoms with E-state index in [0.717, 1.165) is 16.7 Å². The van der Waals surface area contributed by atoms with Gasteiger partial charge in [-0.3, -0.25) is 4.57 Å². The summed E-state index contributed by atoms with van der Waals surface area (Å²) in [6.45, 7) is 2.01.